The van der Waals surface area contributed by atoms with Gasteiger partial charge in [-0.2, -0.15) is 0 Å². The van der Waals surface area contributed by atoms with Crippen LogP contribution in [0.3, 0.4) is 0 Å². The summed E-state index contributed by atoms with van der Waals surface area (Å²) in [6.07, 6.45) is 0. The summed E-state index contributed by atoms with van der Waals surface area (Å²) >= 11 is 3.26. The molecule has 17 heavy (non-hydrogen) atoms. The van der Waals surface area contributed by atoms with Crippen molar-refractivity contribution in [2.45, 2.75) is 6.92 Å². The zero-order valence-electron chi connectivity index (χ0n) is 9.03. The van der Waals surface area contributed by atoms with Gasteiger partial charge in [-0.1, -0.05) is 5.16 Å². The van der Waals surface area contributed by atoms with Crippen LogP contribution in [0.1, 0.15) is 16.1 Å². The van der Waals surface area contributed by atoms with Crippen LogP contribution in [0, 0.1) is 6.92 Å². The Hall–Kier alpha value is -1.82. The van der Waals surface area contributed by atoms with Crippen LogP contribution in [0.4, 0.5) is 11.5 Å². The van der Waals surface area contributed by atoms with Crippen LogP contribution in [0.25, 0.3) is 0 Å². The Morgan fingerprint density at radius 3 is 2.82 bits per heavy atom. The number of aromatic nitrogens is 1. The van der Waals surface area contributed by atoms with Crippen LogP contribution < -0.4 is 11.1 Å². The number of anilines is 2. The number of carbonyl (C=O) groups is 1. The Kier molecular flexibility index (Phi) is 3.14. The van der Waals surface area contributed by atoms with E-state index < -0.39 is 0 Å². The van der Waals surface area contributed by atoms with E-state index in [2.05, 4.69) is 26.4 Å². The number of aryl methyl sites for hydroxylation is 1. The molecule has 0 saturated carbocycles. The third-order valence-corrected chi connectivity index (χ3v) is 2.82. The van der Waals surface area contributed by atoms with E-state index in [0.717, 1.165) is 0 Å². The van der Waals surface area contributed by atoms with E-state index in [0.29, 0.717) is 27.3 Å². The van der Waals surface area contributed by atoms with Crippen molar-refractivity contribution in [3.63, 3.8) is 0 Å². The maximum atomic E-state index is 11.8. The Balaban J connectivity index is 2.17. The average Bonchev–Trinajstić information content (AvgIpc) is 2.68. The highest BCUT2D eigenvalue weighted by Crippen LogP contribution is 2.21. The molecule has 1 heterocycles. The first-order valence-corrected chi connectivity index (χ1v) is 5.65. The van der Waals surface area contributed by atoms with E-state index in [1.165, 1.54) is 0 Å². The van der Waals surface area contributed by atoms with Gasteiger partial charge in [-0.05, 0) is 41.1 Å². The number of hydrogen-bond acceptors (Lipinski definition) is 4. The number of benzene rings is 1. The van der Waals surface area contributed by atoms with Crippen LogP contribution in [0.5, 0.6) is 0 Å². The minimum atomic E-state index is -0.265. The van der Waals surface area contributed by atoms with Crippen LogP contribution >= 0.6 is 15.9 Å². The first kappa shape index (κ1) is 11.7. The second kappa shape index (κ2) is 4.58. The molecule has 1 aromatic heterocycles. The maximum Gasteiger partial charge on any atom is 0.256 e. The largest absolute Gasteiger partial charge is 0.398 e. The van der Waals surface area contributed by atoms with Crippen molar-refractivity contribution in [3.8, 4) is 0 Å². The maximum absolute atomic E-state index is 11.8. The summed E-state index contributed by atoms with van der Waals surface area (Å²) in [5.41, 5.74) is 6.71. The lowest BCUT2D eigenvalue weighted by molar-refractivity contribution is 0.102. The number of hydrogen-bond donors (Lipinski definition) is 2. The van der Waals surface area contributed by atoms with Gasteiger partial charge in [0.1, 0.15) is 5.76 Å². The van der Waals surface area contributed by atoms with Crippen LogP contribution in [-0.2, 0) is 0 Å². The Morgan fingerprint density at radius 2 is 2.24 bits per heavy atom. The predicted molar refractivity (Wildman–Crippen MR) is 67.7 cm³/mol. The normalized spacial score (nSPS) is 10.2. The first-order valence-electron chi connectivity index (χ1n) is 4.86. The third kappa shape index (κ3) is 2.65. The smallest absolute Gasteiger partial charge is 0.256 e. The molecular formula is C11H10BrN3O2. The summed E-state index contributed by atoms with van der Waals surface area (Å²) in [5, 5.41) is 6.30. The van der Waals surface area contributed by atoms with E-state index in [-0.39, 0.29) is 5.91 Å². The molecule has 0 aliphatic rings. The van der Waals surface area contributed by atoms with Gasteiger partial charge in [-0.15, -0.1) is 0 Å². The van der Waals surface area contributed by atoms with Crippen molar-refractivity contribution >= 4 is 33.3 Å². The summed E-state index contributed by atoms with van der Waals surface area (Å²) in [6, 6.07) is 6.59. The van der Waals surface area contributed by atoms with Crippen molar-refractivity contribution in [3.05, 3.63) is 40.1 Å². The second-order valence-corrected chi connectivity index (χ2v) is 4.37. The SMILES string of the molecule is Cc1cc(NC(=O)c2ccc(N)c(Br)c2)no1. The molecule has 2 aromatic rings. The molecule has 0 unspecified atom stereocenters. The van der Waals surface area contributed by atoms with Gasteiger partial charge in [-0.3, -0.25) is 4.79 Å². The molecule has 0 aliphatic heterocycles. The van der Waals surface area contributed by atoms with Gasteiger partial charge in [-0.25, -0.2) is 0 Å². The molecular weight excluding hydrogens is 286 g/mol. The molecule has 0 spiro atoms. The van der Waals surface area contributed by atoms with Crippen LogP contribution in [-0.4, -0.2) is 11.1 Å². The molecule has 0 atom stereocenters. The second-order valence-electron chi connectivity index (χ2n) is 3.51. The topological polar surface area (TPSA) is 81.2 Å². The molecule has 0 radical (unpaired) electrons. The molecule has 5 nitrogen and oxygen atoms in total. The molecule has 3 N–H and O–H groups in total. The number of carbonyl (C=O) groups excluding carboxylic acids is 1. The lowest BCUT2D eigenvalue weighted by atomic mass is 10.2. The molecule has 1 aromatic carbocycles. The van der Waals surface area contributed by atoms with E-state index in [1.807, 2.05) is 0 Å². The predicted octanol–water partition coefficient (Wildman–Crippen LogP) is 2.58. The van der Waals surface area contributed by atoms with Crippen molar-refractivity contribution in [1.82, 2.24) is 5.16 Å². The van der Waals surface area contributed by atoms with E-state index in [4.69, 9.17) is 10.3 Å². The third-order valence-electron chi connectivity index (χ3n) is 2.13. The number of halogens is 1. The number of nitrogens with one attached hydrogen (secondary N) is 1. The zero-order chi connectivity index (χ0) is 12.4. The first-order chi connectivity index (χ1) is 8.06. The van der Waals surface area contributed by atoms with Gasteiger partial charge in [0.2, 0.25) is 0 Å². The van der Waals surface area contributed by atoms with Gasteiger partial charge in [0.15, 0.2) is 5.82 Å². The van der Waals surface area contributed by atoms with Crippen molar-refractivity contribution < 1.29 is 9.32 Å². The molecule has 6 heteroatoms. The van der Waals surface area contributed by atoms with Gasteiger partial charge < -0.3 is 15.6 Å². The number of nitrogen functional groups attached to an aromatic ring is 1. The molecule has 1 amide bonds. The lowest BCUT2D eigenvalue weighted by Gasteiger charge is -2.03. The summed E-state index contributed by atoms with van der Waals surface area (Å²) in [6.45, 7) is 1.75. The number of nitrogens with two attached hydrogens (primary N) is 1. The minimum absolute atomic E-state index is 0.265. The quantitative estimate of drug-likeness (QED) is 0.835. The fraction of sp³-hybridized carbons (Fsp3) is 0.0909. The number of nitrogens with zero attached hydrogens (tertiary/aromatic N) is 1. The average molecular weight is 296 g/mol. The molecule has 0 bridgehead atoms. The van der Waals surface area contributed by atoms with Crippen LogP contribution in [0.15, 0.2) is 33.3 Å². The number of amides is 1. The Morgan fingerprint density at radius 1 is 1.47 bits per heavy atom. The zero-order valence-corrected chi connectivity index (χ0v) is 10.6. The van der Waals surface area contributed by atoms with Gasteiger partial charge >= 0.3 is 0 Å². The lowest BCUT2D eigenvalue weighted by Crippen LogP contribution is -2.12. The monoisotopic (exact) mass is 295 g/mol. The van der Waals surface area contributed by atoms with Gasteiger partial charge in [0.05, 0.1) is 0 Å². The van der Waals surface area contributed by atoms with Crippen molar-refractivity contribution in [1.29, 1.82) is 0 Å². The molecule has 0 saturated heterocycles. The van der Waals surface area contributed by atoms with Crippen molar-refractivity contribution in [2.75, 3.05) is 11.1 Å². The summed E-state index contributed by atoms with van der Waals surface area (Å²) in [7, 11) is 0. The van der Waals surface area contributed by atoms with E-state index in [1.54, 1.807) is 31.2 Å². The summed E-state index contributed by atoms with van der Waals surface area (Å²) < 4.78 is 5.53. The summed E-state index contributed by atoms with van der Waals surface area (Å²) in [4.78, 5) is 11.8. The number of rotatable bonds is 2. The Bertz CT molecular complexity index is 566. The summed E-state index contributed by atoms with van der Waals surface area (Å²) in [5.74, 6) is 0.762. The molecule has 0 aliphatic carbocycles. The highest BCUT2D eigenvalue weighted by molar-refractivity contribution is 9.10. The standard InChI is InChI=1S/C11H10BrN3O2/c1-6-4-10(15-17-6)14-11(16)7-2-3-9(13)8(12)5-7/h2-5H,13H2,1H3,(H,14,15,16). The fourth-order valence-electron chi connectivity index (χ4n) is 1.28. The van der Waals surface area contributed by atoms with Gasteiger partial charge in [0, 0.05) is 21.8 Å². The molecule has 88 valence electrons. The Labute approximate surface area is 106 Å². The molecule has 2 rings (SSSR count). The highest BCUT2D eigenvalue weighted by atomic mass is 79.9. The minimum Gasteiger partial charge on any atom is -0.398 e. The molecule has 0 fully saturated rings. The van der Waals surface area contributed by atoms with E-state index >= 15 is 0 Å². The fourth-order valence-corrected chi connectivity index (χ4v) is 1.66. The van der Waals surface area contributed by atoms with E-state index in [9.17, 15) is 4.79 Å². The highest BCUT2D eigenvalue weighted by Gasteiger charge is 2.09. The van der Waals surface area contributed by atoms with Crippen molar-refractivity contribution in [2.24, 2.45) is 0 Å². The van der Waals surface area contributed by atoms with Crippen LogP contribution in [0.2, 0.25) is 0 Å². The van der Waals surface area contributed by atoms with Gasteiger partial charge in [0.25, 0.3) is 5.91 Å².